The fourth-order valence-electron chi connectivity index (χ4n) is 1.58. The SMILES string of the molecule is CC(C)CC(=O)NC(C(=O)NCC(C)(O)C(=O)O)C(C)C. The molecule has 0 saturated heterocycles. The Morgan fingerprint density at radius 2 is 1.67 bits per heavy atom. The summed E-state index contributed by atoms with van der Waals surface area (Å²) in [5.74, 6) is -2.15. The summed E-state index contributed by atoms with van der Waals surface area (Å²) in [6.45, 7) is 8.01. The lowest BCUT2D eigenvalue weighted by Crippen LogP contribution is -2.54. The molecule has 0 aromatic rings. The maximum Gasteiger partial charge on any atom is 0.337 e. The van der Waals surface area contributed by atoms with Crippen molar-refractivity contribution in [1.29, 1.82) is 0 Å². The third kappa shape index (κ3) is 7.08. The molecule has 4 N–H and O–H groups in total. The van der Waals surface area contributed by atoms with Crippen molar-refractivity contribution in [2.45, 2.75) is 52.7 Å². The highest BCUT2D eigenvalue weighted by molar-refractivity contribution is 5.88. The molecule has 0 fully saturated rings. The number of carboxylic acid groups (broad SMARTS) is 1. The average molecular weight is 302 g/mol. The van der Waals surface area contributed by atoms with E-state index in [1.165, 1.54) is 0 Å². The van der Waals surface area contributed by atoms with Crippen molar-refractivity contribution >= 4 is 17.8 Å². The smallest absolute Gasteiger partial charge is 0.337 e. The van der Waals surface area contributed by atoms with E-state index < -0.39 is 30.1 Å². The lowest BCUT2D eigenvalue weighted by Gasteiger charge is -2.24. The zero-order valence-electron chi connectivity index (χ0n) is 13.3. The van der Waals surface area contributed by atoms with Gasteiger partial charge in [0.25, 0.3) is 0 Å². The molecule has 0 heterocycles. The van der Waals surface area contributed by atoms with Crippen LogP contribution in [0.1, 0.15) is 41.0 Å². The Morgan fingerprint density at radius 3 is 2.05 bits per heavy atom. The summed E-state index contributed by atoms with van der Waals surface area (Å²) in [5, 5.41) is 23.3. The molecular weight excluding hydrogens is 276 g/mol. The number of nitrogens with one attached hydrogen (secondary N) is 2. The van der Waals surface area contributed by atoms with Gasteiger partial charge in [-0.05, 0) is 18.8 Å². The highest BCUT2D eigenvalue weighted by Crippen LogP contribution is 2.06. The van der Waals surface area contributed by atoms with Crippen molar-refractivity contribution < 1.29 is 24.6 Å². The molecule has 2 atom stereocenters. The van der Waals surface area contributed by atoms with E-state index in [9.17, 15) is 19.5 Å². The van der Waals surface area contributed by atoms with Crippen LogP contribution in [-0.4, -0.2) is 46.2 Å². The van der Waals surface area contributed by atoms with Gasteiger partial charge in [0.05, 0.1) is 6.54 Å². The Labute approximate surface area is 125 Å². The number of carbonyl (C=O) groups is 3. The highest BCUT2D eigenvalue weighted by atomic mass is 16.4. The van der Waals surface area contributed by atoms with Gasteiger partial charge in [0, 0.05) is 6.42 Å². The summed E-state index contributed by atoms with van der Waals surface area (Å²) >= 11 is 0. The van der Waals surface area contributed by atoms with Crippen molar-refractivity contribution in [3.8, 4) is 0 Å². The molecular formula is C14H26N2O5. The Bertz CT molecular complexity index is 391. The summed E-state index contributed by atoms with van der Waals surface area (Å²) in [7, 11) is 0. The van der Waals surface area contributed by atoms with E-state index in [0.29, 0.717) is 6.42 Å². The second-order valence-corrected chi connectivity index (χ2v) is 6.18. The van der Waals surface area contributed by atoms with E-state index in [4.69, 9.17) is 5.11 Å². The molecule has 0 aliphatic rings. The first kappa shape index (κ1) is 19.4. The summed E-state index contributed by atoms with van der Waals surface area (Å²) < 4.78 is 0. The van der Waals surface area contributed by atoms with Crippen LogP contribution in [0.3, 0.4) is 0 Å². The van der Waals surface area contributed by atoms with Crippen molar-refractivity contribution in [2.75, 3.05) is 6.54 Å². The largest absolute Gasteiger partial charge is 0.479 e. The second kappa shape index (κ2) is 7.97. The quantitative estimate of drug-likeness (QED) is 0.508. The van der Waals surface area contributed by atoms with Gasteiger partial charge in [0.2, 0.25) is 11.8 Å². The topological polar surface area (TPSA) is 116 Å². The van der Waals surface area contributed by atoms with Crippen molar-refractivity contribution in [1.82, 2.24) is 10.6 Å². The van der Waals surface area contributed by atoms with Gasteiger partial charge in [-0.25, -0.2) is 4.79 Å². The van der Waals surface area contributed by atoms with Crippen LogP contribution in [0.4, 0.5) is 0 Å². The van der Waals surface area contributed by atoms with E-state index in [-0.39, 0.29) is 17.7 Å². The van der Waals surface area contributed by atoms with Crippen molar-refractivity contribution in [2.24, 2.45) is 11.8 Å². The molecule has 0 aliphatic carbocycles. The summed E-state index contributed by atoms with van der Waals surface area (Å²) in [5.41, 5.74) is -2.04. The molecule has 0 radical (unpaired) electrons. The molecule has 7 heteroatoms. The maximum atomic E-state index is 12.0. The van der Waals surface area contributed by atoms with Crippen molar-refractivity contribution in [3.05, 3.63) is 0 Å². The molecule has 0 saturated carbocycles. The molecule has 0 bridgehead atoms. The first-order valence-electron chi connectivity index (χ1n) is 7.00. The third-order valence-electron chi connectivity index (χ3n) is 2.93. The first-order chi connectivity index (χ1) is 9.47. The lowest BCUT2D eigenvalue weighted by molar-refractivity contribution is -0.156. The number of hydrogen-bond acceptors (Lipinski definition) is 4. The van der Waals surface area contributed by atoms with E-state index in [1.807, 2.05) is 13.8 Å². The monoisotopic (exact) mass is 302 g/mol. The Morgan fingerprint density at radius 1 is 1.14 bits per heavy atom. The molecule has 2 amide bonds. The predicted molar refractivity (Wildman–Crippen MR) is 77.5 cm³/mol. The third-order valence-corrected chi connectivity index (χ3v) is 2.93. The van der Waals surface area contributed by atoms with E-state index in [1.54, 1.807) is 13.8 Å². The van der Waals surface area contributed by atoms with Gasteiger partial charge in [-0.1, -0.05) is 27.7 Å². The fourth-order valence-corrected chi connectivity index (χ4v) is 1.58. The highest BCUT2D eigenvalue weighted by Gasteiger charge is 2.32. The number of carbonyl (C=O) groups excluding carboxylic acids is 2. The number of hydrogen-bond donors (Lipinski definition) is 4. The molecule has 0 aromatic carbocycles. The summed E-state index contributed by atoms with van der Waals surface area (Å²) in [6, 6.07) is -0.763. The molecule has 0 aromatic heterocycles. The van der Waals surface area contributed by atoms with Gasteiger partial charge in [0.1, 0.15) is 6.04 Å². The lowest BCUT2D eigenvalue weighted by atomic mass is 10.0. The Hall–Kier alpha value is -1.63. The van der Waals surface area contributed by atoms with Crippen LogP contribution in [0.25, 0.3) is 0 Å². The van der Waals surface area contributed by atoms with Gasteiger partial charge >= 0.3 is 5.97 Å². The summed E-state index contributed by atoms with van der Waals surface area (Å²) in [4.78, 5) is 34.6. The Kier molecular flexibility index (Phi) is 7.35. The van der Waals surface area contributed by atoms with Gasteiger partial charge in [-0.3, -0.25) is 9.59 Å². The maximum absolute atomic E-state index is 12.0. The number of aliphatic hydroxyl groups is 1. The van der Waals surface area contributed by atoms with Gasteiger partial charge in [-0.2, -0.15) is 0 Å². The molecule has 122 valence electrons. The van der Waals surface area contributed by atoms with E-state index in [0.717, 1.165) is 6.92 Å². The Balaban J connectivity index is 4.64. The fraction of sp³-hybridized carbons (Fsp3) is 0.786. The van der Waals surface area contributed by atoms with E-state index in [2.05, 4.69) is 10.6 Å². The predicted octanol–water partition coefficient (Wildman–Crippen LogP) is 0.125. The van der Waals surface area contributed by atoms with Gasteiger partial charge < -0.3 is 20.8 Å². The van der Waals surface area contributed by atoms with Crippen molar-refractivity contribution in [3.63, 3.8) is 0 Å². The molecule has 0 aliphatic heterocycles. The molecule has 0 spiro atoms. The number of amides is 2. The van der Waals surface area contributed by atoms with Crippen LogP contribution in [0, 0.1) is 11.8 Å². The number of aliphatic carboxylic acids is 1. The second-order valence-electron chi connectivity index (χ2n) is 6.18. The van der Waals surface area contributed by atoms with Crippen LogP contribution >= 0.6 is 0 Å². The van der Waals surface area contributed by atoms with E-state index >= 15 is 0 Å². The van der Waals surface area contributed by atoms with Crippen LogP contribution < -0.4 is 10.6 Å². The zero-order chi connectivity index (χ0) is 16.8. The average Bonchev–Trinajstić information content (AvgIpc) is 2.31. The molecule has 2 unspecified atom stereocenters. The molecule has 0 rings (SSSR count). The summed E-state index contributed by atoms with van der Waals surface area (Å²) in [6.07, 6.45) is 0.309. The normalized spacial score (nSPS) is 15.4. The number of rotatable bonds is 8. The minimum Gasteiger partial charge on any atom is -0.479 e. The molecule has 21 heavy (non-hydrogen) atoms. The first-order valence-corrected chi connectivity index (χ1v) is 7.00. The zero-order valence-corrected chi connectivity index (χ0v) is 13.3. The molecule has 7 nitrogen and oxygen atoms in total. The van der Waals surface area contributed by atoms with Crippen LogP contribution in [0.15, 0.2) is 0 Å². The van der Waals surface area contributed by atoms with Crippen LogP contribution in [0.2, 0.25) is 0 Å². The standard InChI is InChI=1S/C14H26N2O5/c1-8(2)6-10(17)16-11(9(3)4)12(18)15-7-14(5,21)13(19)20/h8-9,11,21H,6-7H2,1-5H3,(H,15,18)(H,16,17)(H,19,20). The van der Waals surface area contributed by atoms with Gasteiger partial charge in [0.15, 0.2) is 5.60 Å². The van der Waals surface area contributed by atoms with Gasteiger partial charge in [-0.15, -0.1) is 0 Å². The van der Waals surface area contributed by atoms with Crippen LogP contribution in [0.5, 0.6) is 0 Å². The minimum atomic E-state index is -2.04. The van der Waals surface area contributed by atoms with Crippen LogP contribution in [-0.2, 0) is 14.4 Å². The number of carboxylic acids is 1. The minimum absolute atomic E-state index is 0.157.